The molecule has 0 fully saturated rings. The van der Waals surface area contributed by atoms with E-state index in [9.17, 15) is 0 Å². The zero-order valence-corrected chi connectivity index (χ0v) is 9.25. The van der Waals surface area contributed by atoms with Crippen LogP contribution in [0.15, 0.2) is 0 Å². The van der Waals surface area contributed by atoms with Gasteiger partial charge in [0.1, 0.15) is 9.55 Å². The summed E-state index contributed by atoms with van der Waals surface area (Å²) in [6.45, 7) is -1.62. The van der Waals surface area contributed by atoms with Crippen molar-refractivity contribution in [2.24, 2.45) is 5.41 Å². The van der Waals surface area contributed by atoms with Crippen molar-refractivity contribution in [3.63, 3.8) is 0 Å². The molecule has 0 saturated heterocycles. The number of hydrogen-bond donors (Lipinski definition) is 4. The van der Waals surface area contributed by atoms with Crippen molar-refractivity contribution in [2.45, 2.75) is 0 Å². The maximum absolute atomic E-state index is 8.50. The molecule has 0 aromatic heterocycles. The number of aliphatic hydroxyl groups excluding tert-OH is 4. The van der Waals surface area contributed by atoms with Gasteiger partial charge in [-0.3, -0.25) is 0 Å². The molecule has 0 rings (SSSR count). The molecule has 0 aromatic rings. The second-order valence-electron chi connectivity index (χ2n) is 2.13. The Hall–Kier alpha value is 0.347. The normalized spacial score (nSPS) is 10.6. The molecule has 0 amide bonds. The Labute approximate surface area is 73.6 Å². The van der Waals surface area contributed by atoms with E-state index < -0.39 is 31.8 Å². The lowest BCUT2D eigenvalue weighted by Gasteiger charge is -2.23. The van der Waals surface area contributed by atoms with E-state index >= 15 is 0 Å². The number of rotatable bonds is 4. The third-order valence-corrected chi connectivity index (χ3v) is 1.34. The molecular weight excluding hydrogens is 188 g/mol. The van der Waals surface area contributed by atoms with E-state index in [2.05, 4.69) is 0 Å². The van der Waals surface area contributed by atoms with Crippen LogP contribution in [0.1, 0.15) is 0 Å². The number of hydrogen-bond acceptors (Lipinski definition) is 4. The van der Waals surface area contributed by atoms with Gasteiger partial charge >= 0.3 is 0 Å². The molecule has 6 heteroatoms. The highest BCUT2D eigenvalue weighted by molar-refractivity contribution is 6.80. The summed E-state index contributed by atoms with van der Waals surface area (Å²) in [5.41, 5.74) is -1.11. The van der Waals surface area contributed by atoms with E-state index in [1.165, 1.54) is 0 Å². The molecule has 0 spiro atoms. The molecule has 0 aromatic carbocycles. The van der Waals surface area contributed by atoms with Crippen LogP contribution in [0.2, 0.25) is 0 Å². The van der Waals surface area contributed by atoms with Crippen LogP contribution in [0.3, 0.4) is 0 Å². The molecular formula is C5H15ClO4Si. The van der Waals surface area contributed by atoms with E-state index in [0.29, 0.717) is 0 Å². The minimum Gasteiger partial charge on any atom is -0.396 e. The molecule has 0 saturated carbocycles. The molecule has 70 valence electrons. The Bertz CT molecular complexity index is 61.4. The lowest BCUT2D eigenvalue weighted by atomic mass is 9.93. The first-order valence-electron chi connectivity index (χ1n) is 3.06. The summed E-state index contributed by atoms with van der Waals surface area (Å²) in [5, 5.41) is 34.0. The predicted octanol–water partition coefficient (Wildman–Crippen LogP) is -2.55. The van der Waals surface area contributed by atoms with Gasteiger partial charge in [-0.15, -0.1) is 0 Å². The van der Waals surface area contributed by atoms with Crippen molar-refractivity contribution in [1.82, 2.24) is 0 Å². The summed E-state index contributed by atoms with van der Waals surface area (Å²) in [5.74, 6) is 0. The van der Waals surface area contributed by atoms with Gasteiger partial charge < -0.3 is 20.4 Å². The van der Waals surface area contributed by atoms with Crippen molar-refractivity contribution in [1.29, 1.82) is 0 Å². The van der Waals surface area contributed by atoms with E-state index in [1.54, 1.807) is 0 Å². The largest absolute Gasteiger partial charge is 0.396 e. The monoisotopic (exact) mass is 202 g/mol. The van der Waals surface area contributed by atoms with Gasteiger partial charge in [-0.05, 0) is 0 Å². The quantitative estimate of drug-likeness (QED) is 0.299. The molecule has 11 heavy (non-hydrogen) atoms. The third kappa shape index (κ3) is 4.73. The minimum absolute atomic E-state index is 0.406. The standard InChI is InChI=1S/C5H12O4.ClH3Si/c6-1-5(2-7,3-8)4-9;1-2/h6-9H,1-4H2;2H3. The second-order valence-corrected chi connectivity index (χ2v) is 2.13. The Kier molecular flexibility index (Phi) is 10.7. The highest BCUT2D eigenvalue weighted by Crippen LogP contribution is 2.11. The first-order valence-corrected chi connectivity index (χ1v) is 6.08. The Morgan fingerprint density at radius 1 is 0.818 bits per heavy atom. The fourth-order valence-corrected chi connectivity index (χ4v) is 0.300. The summed E-state index contributed by atoms with van der Waals surface area (Å²) < 4.78 is 0. The summed E-state index contributed by atoms with van der Waals surface area (Å²) in [4.78, 5) is 0. The first kappa shape index (κ1) is 13.9. The molecule has 4 nitrogen and oxygen atoms in total. The maximum Gasteiger partial charge on any atom is 0.109 e. The maximum atomic E-state index is 8.50. The van der Waals surface area contributed by atoms with Gasteiger partial charge in [0, 0.05) is 0 Å². The highest BCUT2D eigenvalue weighted by Gasteiger charge is 2.26. The highest BCUT2D eigenvalue weighted by atomic mass is 35.6. The van der Waals surface area contributed by atoms with Crippen LogP contribution in [-0.2, 0) is 0 Å². The van der Waals surface area contributed by atoms with Crippen molar-refractivity contribution in [2.75, 3.05) is 26.4 Å². The lowest BCUT2D eigenvalue weighted by molar-refractivity contribution is -0.0328. The molecule has 0 heterocycles. The topological polar surface area (TPSA) is 80.9 Å². The second kappa shape index (κ2) is 8.44. The number of halogens is 1. The summed E-state index contributed by atoms with van der Waals surface area (Å²) in [6.07, 6.45) is 0. The molecule has 0 aliphatic rings. The minimum atomic E-state index is -1.11. The molecule has 0 aliphatic heterocycles. The van der Waals surface area contributed by atoms with Crippen LogP contribution in [0, 0.1) is 5.41 Å². The Morgan fingerprint density at radius 2 is 1.00 bits per heavy atom. The molecule has 0 bridgehead atoms. The van der Waals surface area contributed by atoms with E-state index in [0.717, 1.165) is 9.55 Å². The average molecular weight is 203 g/mol. The smallest absolute Gasteiger partial charge is 0.109 e. The van der Waals surface area contributed by atoms with Gasteiger partial charge in [-0.25, -0.2) is 0 Å². The van der Waals surface area contributed by atoms with Crippen LogP contribution in [0.5, 0.6) is 0 Å². The van der Waals surface area contributed by atoms with Gasteiger partial charge in [0.2, 0.25) is 0 Å². The van der Waals surface area contributed by atoms with Gasteiger partial charge in [0.15, 0.2) is 0 Å². The van der Waals surface area contributed by atoms with E-state index in [4.69, 9.17) is 31.5 Å². The zero-order chi connectivity index (χ0) is 9.33. The van der Waals surface area contributed by atoms with Crippen molar-refractivity contribution >= 4 is 20.6 Å². The van der Waals surface area contributed by atoms with Crippen molar-refractivity contribution in [3.05, 3.63) is 0 Å². The van der Waals surface area contributed by atoms with Crippen LogP contribution in [-0.4, -0.2) is 56.4 Å². The lowest BCUT2D eigenvalue weighted by Crippen LogP contribution is -2.37. The molecule has 0 aliphatic carbocycles. The van der Waals surface area contributed by atoms with Gasteiger partial charge in [-0.2, -0.15) is 11.1 Å². The first-order chi connectivity index (χ1) is 5.24. The summed E-state index contributed by atoms with van der Waals surface area (Å²) in [6, 6.07) is 0. The fraction of sp³-hybridized carbons (Fsp3) is 1.00. The average Bonchev–Trinajstić information content (AvgIpc) is 2.13. The van der Waals surface area contributed by atoms with Crippen LogP contribution >= 0.6 is 11.1 Å². The van der Waals surface area contributed by atoms with E-state index in [-0.39, 0.29) is 0 Å². The van der Waals surface area contributed by atoms with Crippen LogP contribution in [0.4, 0.5) is 0 Å². The van der Waals surface area contributed by atoms with Crippen molar-refractivity contribution < 1.29 is 20.4 Å². The SMILES string of the molecule is OCC(CO)(CO)CO.[SiH3]Cl. The molecule has 4 N–H and O–H groups in total. The predicted molar refractivity (Wildman–Crippen MR) is 46.6 cm³/mol. The zero-order valence-electron chi connectivity index (χ0n) is 6.50. The summed E-state index contributed by atoms with van der Waals surface area (Å²) >= 11 is 4.78. The van der Waals surface area contributed by atoms with Crippen molar-refractivity contribution in [3.8, 4) is 0 Å². The number of aliphatic hydroxyl groups is 4. The Morgan fingerprint density at radius 3 is 1.00 bits per heavy atom. The summed E-state index contributed by atoms with van der Waals surface area (Å²) in [7, 11) is 0.778. The van der Waals surface area contributed by atoms with Crippen LogP contribution in [0.25, 0.3) is 0 Å². The fourth-order valence-electron chi connectivity index (χ4n) is 0.300. The van der Waals surface area contributed by atoms with Crippen LogP contribution < -0.4 is 0 Å². The van der Waals surface area contributed by atoms with E-state index in [1.807, 2.05) is 0 Å². The molecule has 0 radical (unpaired) electrons. The van der Waals surface area contributed by atoms with Gasteiger partial charge in [0.05, 0.1) is 31.8 Å². The molecule has 0 atom stereocenters. The van der Waals surface area contributed by atoms with Gasteiger partial charge in [0.25, 0.3) is 0 Å². The van der Waals surface area contributed by atoms with Gasteiger partial charge in [-0.1, -0.05) is 0 Å². The third-order valence-electron chi connectivity index (χ3n) is 1.34. The molecule has 0 unspecified atom stereocenters. The Balaban J connectivity index is 0.